The lowest BCUT2D eigenvalue weighted by Gasteiger charge is -2.12. The molecule has 0 saturated heterocycles. The lowest BCUT2D eigenvalue weighted by Crippen LogP contribution is -2.13. The topological polar surface area (TPSA) is 71.3 Å². The summed E-state index contributed by atoms with van der Waals surface area (Å²) in [4.78, 5) is 12.5. The van der Waals surface area contributed by atoms with Gasteiger partial charge < -0.3 is 14.8 Å². The van der Waals surface area contributed by atoms with Crippen molar-refractivity contribution in [2.45, 2.75) is 6.61 Å². The molecule has 3 aromatic rings. The highest BCUT2D eigenvalue weighted by Gasteiger charge is 2.12. The highest BCUT2D eigenvalue weighted by Crippen LogP contribution is 2.30. The van der Waals surface area contributed by atoms with Gasteiger partial charge in [0.25, 0.3) is 5.91 Å². The molecule has 0 heterocycles. The average molecular weight is 463 g/mol. The maximum Gasteiger partial charge on any atom is 0.266 e. The van der Waals surface area contributed by atoms with Crippen LogP contribution in [0.25, 0.3) is 6.08 Å². The van der Waals surface area contributed by atoms with E-state index in [-0.39, 0.29) is 5.57 Å². The van der Waals surface area contributed by atoms with Crippen LogP contribution in [-0.4, -0.2) is 13.0 Å². The molecule has 0 aromatic heterocycles. The molecule has 0 aliphatic rings. The number of carbonyl (C=O) groups is 1. The van der Waals surface area contributed by atoms with Gasteiger partial charge in [-0.3, -0.25) is 4.79 Å². The molecule has 0 atom stereocenters. The Morgan fingerprint density at radius 3 is 2.50 bits per heavy atom. The predicted octanol–water partition coefficient (Wildman–Crippen LogP) is 5.58. The highest BCUT2D eigenvalue weighted by atomic mass is 79.9. The summed E-state index contributed by atoms with van der Waals surface area (Å²) in [5.41, 5.74) is 2.26. The Morgan fingerprint density at radius 2 is 1.80 bits per heavy atom. The van der Waals surface area contributed by atoms with Gasteiger partial charge in [0.15, 0.2) is 11.5 Å². The number of ether oxygens (including phenoxy) is 2. The summed E-state index contributed by atoms with van der Waals surface area (Å²) >= 11 is 3.37. The third-order valence-electron chi connectivity index (χ3n) is 4.22. The van der Waals surface area contributed by atoms with Crippen LogP contribution in [0, 0.1) is 11.3 Å². The second kappa shape index (κ2) is 10.3. The SMILES string of the molecule is COc1cc(/C=C(/C#N)C(=O)Nc2ccccc2Br)ccc1OCc1ccccc1. The summed E-state index contributed by atoms with van der Waals surface area (Å²) in [5, 5.41) is 12.2. The van der Waals surface area contributed by atoms with Crippen molar-refractivity contribution in [3.63, 3.8) is 0 Å². The number of anilines is 1. The van der Waals surface area contributed by atoms with Gasteiger partial charge in [-0.15, -0.1) is 0 Å². The Labute approximate surface area is 183 Å². The van der Waals surface area contributed by atoms with E-state index < -0.39 is 5.91 Å². The first-order valence-corrected chi connectivity index (χ1v) is 9.92. The Morgan fingerprint density at radius 1 is 1.07 bits per heavy atom. The van der Waals surface area contributed by atoms with E-state index in [1.807, 2.05) is 48.5 Å². The molecular weight excluding hydrogens is 444 g/mol. The Balaban J connectivity index is 1.76. The second-order valence-electron chi connectivity index (χ2n) is 6.29. The van der Waals surface area contributed by atoms with Crippen LogP contribution in [-0.2, 0) is 11.4 Å². The minimum Gasteiger partial charge on any atom is -0.493 e. The van der Waals surface area contributed by atoms with Crippen molar-refractivity contribution in [2.24, 2.45) is 0 Å². The smallest absolute Gasteiger partial charge is 0.266 e. The van der Waals surface area contributed by atoms with E-state index in [1.54, 1.807) is 37.4 Å². The van der Waals surface area contributed by atoms with Gasteiger partial charge in [-0.2, -0.15) is 5.26 Å². The molecule has 0 fully saturated rings. The molecule has 0 aliphatic carbocycles. The number of nitriles is 1. The van der Waals surface area contributed by atoms with Crippen molar-refractivity contribution in [3.05, 3.63) is 94.0 Å². The van der Waals surface area contributed by atoms with Crippen LogP contribution in [0.5, 0.6) is 11.5 Å². The van der Waals surface area contributed by atoms with Crippen molar-refractivity contribution in [1.29, 1.82) is 5.26 Å². The lowest BCUT2D eigenvalue weighted by molar-refractivity contribution is -0.112. The minimum atomic E-state index is -0.493. The number of halogens is 1. The molecule has 0 spiro atoms. The molecule has 0 saturated carbocycles. The molecule has 0 bridgehead atoms. The fraction of sp³-hybridized carbons (Fsp3) is 0.0833. The van der Waals surface area contributed by atoms with Crippen molar-refractivity contribution >= 4 is 33.6 Å². The third kappa shape index (κ3) is 5.49. The van der Waals surface area contributed by atoms with Gasteiger partial charge in [0.1, 0.15) is 18.2 Å². The van der Waals surface area contributed by atoms with E-state index in [9.17, 15) is 10.1 Å². The molecule has 6 heteroatoms. The lowest BCUT2D eigenvalue weighted by atomic mass is 10.1. The van der Waals surface area contributed by atoms with E-state index in [0.717, 1.165) is 10.0 Å². The number of nitrogens with zero attached hydrogens (tertiary/aromatic N) is 1. The molecule has 3 aromatic carbocycles. The van der Waals surface area contributed by atoms with E-state index in [4.69, 9.17) is 9.47 Å². The number of carbonyl (C=O) groups excluding carboxylic acids is 1. The third-order valence-corrected chi connectivity index (χ3v) is 4.91. The summed E-state index contributed by atoms with van der Waals surface area (Å²) in [7, 11) is 1.54. The average Bonchev–Trinajstić information content (AvgIpc) is 2.78. The minimum absolute atomic E-state index is 0.0224. The summed E-state index contributed by atoms with van der Waals surface area (Å²) < 4.78 is 12.0. The van der Waals surface area contributed by atoms with Gasteiger partial charge in [-0.25, -0.2) is 0 Å². The number of nitrogens with one attached hydrogen (secondary N) is 1. The highest BCUT2D eigenvalue weighted by molar-refractivity contribution is 9.10. The molecule has 30 heavy (non-hydrogen) atoms. The van der Waals surface area contributed by atoms with Crippen molar-refractivity contribution in [3.8, 4) is 17.6 Å². The van der Waals surface area contributed by atoms with Crippen LogP contribution in [0.15, 0.2) is 82.8 Å². The van der Waals surface area contributed by atoms with Crippen LogP contribution in [0.4, 0.5) is 5.69 Å². The van der Waals surface area contributed by atoms with Gasteiger partial charge in [-0.05, 0) is 57.4 Å². The molecule has 1 amide bonds. The summed E-state index contributed by atoms with van der Waals surface area (Å²) in [6.45, 7) is 0.407. The van der Waals surface area contributed by atoms with Gasteiger partial charge in [-0.1, -0.05) is 48.5 Å². The number of amides is 1. The standard InChI is InChI=1S/C24H19BrN2O3/c1-29-23-14-18(11-12-22(23)30-16-17-7-3-2-4-8-17)13-19(15-26)24(28)27-21-10-6-5-9-20(21)25/h2-14H,16H2,1H3,(H,27,28)/b19-13-. The van der Waals surface area contributed by atoms with E-state index in [0.29, 0.717) is 29.4 Å². The monoisotopic (exact) mass is 462 g/mol. The van der Waals surface area contributed by atoms with Gasteiger partial charge in [0.05, 0.1) is 12.8 Å². The van der Waals surface area contributed by atoms with Crippen molar-refractivity contribution < 1.29 is 14.3 Å². The molecule has 3 rings (SSSR count). The Bertz CT molecular complexity index is 1100. The Kier molecular flexibility index (Phi) is 7.25. The number of methoxy groups -OCH3 is 1. The van der Waals surface area contributed by atoms with Crippen LogP contribution < -0.4 is 14.8 Å². The van der Waals surface area contributed by atoms with Crippen molar-refractivity contribution in [2.75, 3.05) is 12.4 Å². The van der Waals surface area contributed by atoms with Gasteiger partial charge in [0.2, 0.25) is 0 Å². The van der Waals surface area contributed by atoms with Crippen LogP contribution in [0.1, 0.15) is 11.1 Å². The maximum absolute atomic E-state index is 12.5. The van der Waals surface area contributed by atoms with E-state index >= 15 is 0 Å². The maximum atomic E-state index is 12.5. The fourth-order valence-electron chi connectivity index (χ4n) is 2.70. The fourth-order valence-corrected chi connectivity index (χ4v) is 3.08. The molecule has 150 valence electrons. The molecule has 0 unspecified atom stereocenters. The first kappa shape index (κ1) is 21.2. The predicted molar refractivity (Wildman–Crippen MR) is 120 cm³/mol. The van der Waals surface area contributed by atoms with E-state index in [1.165, 1.54) is 6.08 Å². The normalized spacial score (nSPS) is 10.8. The van der Waals surface area contributed by atoms with Gasteiger partial charge >= 0.3 is 0 Å². The number of benzene rings is 3. The quantitative estimate of drug-likeness (QED) is 0.367. The zero-order valence-electron chi connectivity index (χ0n) is 16.3. The first-order chi connectivity index (χ1) is 14.6. The number of para-hydroxylation sites is 1. The van der Waals surface area contributed by atoms with Crippen LogP contribution in [0.2, 0.25) is 0 Å². The second-order valence-corrected chi connectivity index (χ2v) is 7.14. The van der Waals surface area contributed by atoms with Crippen molar-refractivity contribution in [1.82, 2.24) is 0 Å². The molecule has 0 radical (unpaired) electrons. The molecule has 1 N–H and O–H groups in total. The number of rotatable bonds is 7. The van der Waals surface area contributed by atoms with Crippen LogP contribution >= 0.6 is 15.9 Å². The largest absolute Gasteiger partial charge is 0.493 e. The molecule has 5 nitrogen and oxygen atoms in total. The number of hydrogen-bond donors (Lipinski definition) is 1. The zero-order valence-corrected chi connectivity index (χ0v) is 17.8. The van der Waals surface area contributed by atoms with Crippen LogP contribution in [0.3, 0.4) is 0 Å². The van der Waals surface area contributed by atoms with Gasteiger partial charge in [0, 0.05) is 4.47 Å². The summed E-state index contributed by atoms with van der Waals surface area (Å²) in [6, 6.07) is 24.2. The number of hydrogen-bond acceptors (Lipinski definition) is 4. The summed E-state index contributed by atoms with van der Waals surface area (Å²) in [5.74, 6) is 0.602. The Hall–Kier alpha value is -3.56. The first-order valence-electron chi connectivity index (χ1n) is 9.13. The molecule has 0 aliphatic heterocycles. The molecular formula is C24H19BrN2O3. The zero-order chi connectivity index (χ0) is 21.3. The van der Waals surface area contributed by atoms with E-state index in [2.05, 4.69) is 21.2 Å². The summed E-state index contributed by atoms with van der Waals surface area (Å²) in [6.07, 6.45) is 1.51.